The Morgan fingerprint density at radius 2 is 1.91 bits per heavy atom. The van der Waals surface area contributed by atoms with Gasteiger partial charge in [-0.15, -0.1) is 0 Å². The number of amides is 1. The van der Waals surface area contributed by atoms with Crippen molar-refractivity contribution in [1.82, 2.24) is 30.1 Å². The highest BCUT2D eigenvalue weighted by Gasteiger charge is 2.15. The first-order valence-electron chi connectivity index (χ1n) is 11.3. The second kappa shape index (κ2) is 8.77. The van der Waals surface area contributed by atoms with E-state index in [9.17, 15) is 4.79 Å². The molecule has 35 heavy (non-hydrogen) atoms. The Hall–Kier alpha value is -4.37. The number of carbonyl (C=O) groups is 1. The third kappa shape index (κ3) is 3.95. The SMILES string of the molecule is CCCC(=O)Nc1cncc(-c2cc3c(-c4cc5c(-c6ccsc6)cncc5[nH]4)n[nH]c3cn2)c1. The van der Waals surface area contributed by atoms with Gasteiger partial charge < -0.3 is 10.3 Å². The largest absolute Gasteiger partial charge is 0.352 e. The van der Waals surface area contributed by atoms with Crippen LogP contribution in [0.1, 0.15) is 19.8 Å². The standard InChI is InChI=1S/C26H21N7OS/c1-2-3-25(34)30-17-6-16(9-27-10-17)21-8-19-24(13-29-21)32-33-26(19)22-7-18-20(15-4-5-35-14-15)11-28-12-23(18)31-22/h4-14,31H,2-3H2,1H3,(H,30,34)(H,32,33). The van der Waals surface area contributed by atoms with Gasteiger partial charge in [-0.1, -0.05) is 6.92 Å². The van der Waals surface area contributed by atoms with Crippen LogP contribution in [0.3, 0.4) is 0 Å². The summed E-state index contributed by atoms with van der Waals surface area (Å²) in [4.78, 5) is 28.8. The smallest absolute Gasteiger partial charge is 0.224 e. The van der Waals surface area contributed by atoms with Crippen molar-refractivity contribution in [3.63, 3.8) is 0 Å². The van der Waals surface area contributed by atoms with E-state index in [0.29, 0.717) is 12.1 Å². The number of fused-ring (bicyclic) bond motifs is 2. The van der Waals surface area contributed by atoms with Crippen molar-refractivity contribution in [3.05, 3.63) is 66.0 Å². The minimum absolute atomic E-state index is 0.0258. The molecule has 3 N–H and O–H groups in total. The Balaban J connectivity index is 1.40. The molecule has 0 saturated carbocycles. The van der Waals surface area contributed by atoms with Crippen molar-refractivity contribution in [2.75, 3.05) is 5.32 Å². The van der Waals surface area contributed by atoms with Crippen molar-refractivity contribution in [3.8, 4) is 33.8 Å². The van der Waals surface area contributed by atoms with Gasteiger partial charge >= 0.3 is 0 Å². The van der Waals surface area contributed by atoms with Gasteiger partial charge in [-0.2, -0.15) is 16.4 Å². The van der Waals surface area contributed by atoms with Gasteiger partial charge in [0.05, 0.1) is 46.7 Å². The zero-order valence-electron chi connectivity index (χ0n) is 18.9. The monoisotopic (exact) mass is 479 g/mol. The molecule has 6 rings (SSSR count). The fraction of sp³-hybridized carbons (Fsp3) is 0.115. The molecule has 1 amide bonds. The van der Waals surface area contributed by atoms with E-state index in [1.54, 1.807) is 29.9 Å². The summed E-state index contributed by atoms with van der Waals surface area (Å²) >= 11 is 1.66. The van der Waals surface area contributed by atoms with E-state index in [0.717, 1.165) is 62.0 Å². The summed E-state index contributed by atoms with van der Waals surface area (Å²) in [5.41, 5.74) is 7.93. The van der Waals surface area contributed by atoms with Gasteiger partial charge in [0.2, 0.25) is 5.91 Å². The van der Waals surface area contributed by atoms with E-state index < -0.39 is 0 Å². The van der Waals surface area contributed by atoms with Crippen LogP contribution < -0.4 is 5.32 Å². The molecule has 0 bridgehead atoms. The molecule has 0 spiro atoms. The molecule has 0 aliphatic carbocycles. The number of hydrogen-bond donors (Lipinski definition) is 3. The molecule has 6 aromatic rings. The third-order valence-corrected chi connectivity index (χ3v) is 6.56. The van der Waals surface area contributed by atoms with Crippen LogP contribution in [0.25, 0.3) is 55.6 Å². The highest BCUT2D eigenvalue weighted by Crippen LogP contribution is 2.35. The van der Waals surface area contributed by atoms with E-state index in [1.165, 1.54) is 0 Å². The number of thiophene rings is 1. The molecular formula is C26H21N7OS. The molecule has 9 heteroatoms. The summed E-state index contributed by atoms with van der Waals surface area (Å²) in [6.45, 7) is 1.97. The molecule has 6 heterocycles. The maximum absolute atomic E-state index is 12.0. The number of aromatic amines is 2. The van der Waals surface area contributed by atoms with Gasteiger partial charge in [-0.25, -0.2) is 0 Å². The van der Waals surface area contributed by atoms with Crippen LogP contribution in [0.15, 0.2) is 66.0 Å². The first kappa shape index (κ1) is 21.2. The molecule has 172 valence electrons. The molecule has 0 fully saturated rings. The third-order valence-electron chi connectivity index (χ3n) is 5.87. The van der Waals surface area contributed by atoms with Crippen molar-refractivity contribution >= 4 is 44.7 Å². The number of hydrogen-bond acceptors (Lipinski definition) is 6. The Morgan fingerprint density at radius 3 is 2.77 bits per heavy atom. The van der Waals surface area contributed by atoms with Gasteiger partial charge in [-0.3, -0.25) is 24.8 Å². The number of carbonyl (C=O) groups excluding carboxylic acids is 1. The quantitative estimate of drug-likeness (QED) is 0.270. The van der Waals surface area contributed by atoms with Crippen molar-refractivity contribution < 1.29 is 4.79 Å². The second-order valence-corrected chi connectivity index (χ2v) is 9.07. The van der Waals surface area contributed by atoms with Crippen LogP contribution in [-0.2, 0) is 4.79 Å². The fourth-order valence-corrected chi connectivity index (χ4v) is 4.86. The van der Waals surface area contributed by atoms with Crippen LogP contribution in [0.4, 0.5) is 5.69 Å². The summed E-state index contributed by atoms with van der Waals surface area (Å²) in [6.07, 6.45) is 10.1. The number of anilines is 1. The topological polar surface area (TPSA) is 112 Å². The van der Waals surface area contributed by atoms with E-state index in [1.807, 2.05) is 31.5 Å². The zero-order chi connectivity index (χ0) is 23.8. The van der Waals surface area contributed by atoms with Crippen molar-refractivity contribution in [2.24, 2.45) is 0 Å². The summed E-state index contributed by atoms with van der Waals surface area (Å²) in [6, 6.07) is 8.09. The Bertz CT molecular complexity index is 1670. The fourth-order valence-electron chi connectivity index (χ4n) is 4.21. The summed E-state index contributed by atoms with van der Waals surface area (Å²) in [5.74, 6) is -0.0258. The van der Waals surface area contributed by atoms with Crippen LogP contribution in [0, 0.1) is 0 Å². The highest BCUT2D eigenvalue weighted by atomic mass is 32.1. The van der Waals surface area contributed by atoms with E-state index >= 15 is 0 Å². The predicted molar refractivity (Wildman–Crippen MR) is 139 cm³/mol. The number of nitrogens with one attached hydrogen (secondary N) is 3. The zero-order valence-corrected chi connectivity index (χ0v) is 19.7. The number of aromatic nitrogens is 6. The number of pyridine rings is 3. The lowest BCUT2D eigenvalue weighted by molar-refractivity contribution is -0.116. The molecule has 0 aliphatic heterocycles. The Morgan fingerprint density at radius 1 is 1.00 bits per heavy atom. The first-order valence-corrected chi connectivity index (χ1v) is 12.2. The molecular weight excluding hydrogens is 458 g/mol. The van der Waals surface area contributed by atoms with Crippen LogP contribution in [0.5, 0.6) is 0 Å². The van der Waals surface area contributed by atoms with Crippen LogP contribution in [-0.4, -0.2) is 36.0 Å². The second-order valence-electron chi connectivity index (χ2n) is 8.29. The van der Waals surface area contributed by atoms with E-state index in [-0.39, 0.29) is 5.91 Å². The highest BCUT2D eigenvalue weighted by molar-refractivity contribution is 7.08. The molecule has 0 radical (unpaired) electrons. The minimum Gasteiger partial charge on any atom is -0.352 e. The van der Waals surface area contributed by atoms with Crippen LogP contribution >= 0.6 is 11.3 Å². The average molecular weight is 480 g/mol. The number of rotatable bonds is 6. The van der Waals surface area contributed by atoms with E-state index in [4.69, 9.17) is 0 Å². The molecule has 6 aromatic heterocycles. The average Bonchev–Trinajstić information content (AvgIpc) is 3.63. The van der Waals surface area contributed by atoms with Crippen molar-refractivity contribution in [2.45, 2.75) is 19.8 Å². The minimum atomic E-state index is -0.0258. The van der Waals surface area contributed by atoms with Gasteiger partial charge in [0.25, 0.3) is 0 Å². The summed E-state index contributed by atoms with van der Waals surface area (Å²) < 4.78 is 0. The summed E-state index contributed by atoms with van der Waals surface area (Å²) in [5, 5.41) is 16.8. The predicted octanol–water partition coefficient (Wildman–Crippen LogP) is 6.03. The van der Waals surface area contributed by atoms with E-state index in [2.05, 4.69) is 58.3 Å². The van der Waals surface area contributed by atoms with Gasteiger partial charge in [0.1, 0.15) is 5.69 Å². The van der Waals surface area contributed by atoms with Crippen molar-refractivity contribution in [1.29, 1.82) is 0 Å². The lowest BCUT2D eigenvalue weighted by Gasteiger charge is -2.06. The van der Waals surface area contributed by atoms with Gasteiger partial charge in [0.15, 0.2) is 0 Å². The van der Waals surface area contributed by atoms with Gasteiger partial charge in [0, 0.05) is 40.7 Å². The lowest BCUT2D eigenvalue weighted by atomic mass is 10.1. The molecule has 8 nitrogen and oxygen atoms in total. The maximum atomic E-state index is 12.0. The first-order chi connectivity index (χ1) is 17.2. The molecule has 0 saturated heterocycles. The Kier molecular flexibility index (Phi) is 5.31. The molecule has 0 atom stereocenters. The lowest BCUT2D eigenvalue weighted by Crippen LogP contribution is -2.10. The molecule has 0 unspecified atom stereocenters. The molecule has 0 aliphatic rings. The van der Waals surface area contributed by atoms with Crippen LogP contribution in [0.2, 0.25) is 0 Å². The van der Waals surface area contributed by atoms with Gasteiger partial charge in [-0.05, 0) is 47.0 Å². The summed E-state index contributed by atoms with van der Waals surface area (Å²) in [7, 11) is 0. The number of nitrogens with zero attached hydrogens (tertiary/aromatic N) is 4. The molecule has 0 aromatic carbocycles. The number of H-pyrrole nitrogens is 2. The maximum Gasteiger partial charge on any atom is 0.224 e. The Labute approximate surface area is 204 Å². The normalized spacial score (nSPS) is 11.3.